The molecule has 2 fully saturated rings. The molecule has 0 aromatic rings. The van der Waals surface area contributed by atoms with Crippen LogP contribution in [0.1, 0.15) is 39.5 Å². The molecule has 132 valence electrons. The molecule has 0 aliphatic carbocycles. The minimum Gasteiger partial charge on any atom is -0.342 e. The molecule has 6 heteroatoms. The zero-order valence-electron chi connectivity index (χ0n) is 14.2. The molecule has 2 aliphatic rings. The summed E-state index contributed by atoms with van der Waals surface area (Å²) in [6.07, 6.45) is 4.15. The molecule has 0 aromatic carbocycles. The normalized spacial score (nSPS) is 28.6. The minimum atomic E-state index is 0. The maximum atomic E-state index is 12.4. The number of nitrogens with one attached hydrogen (secondary N) is 1. The second-order valence-corrected chi connectivity index (χ2v) is 6.63. The Bertz CT molecular complexity index is 325. The van der Waals surface area contributed by atoms with Gasteiger partial charge >= 0.3 is 0 Å². The Kier molecular flexibility index (Phi) is 10.7. The molecule has 0 saturated carbocycles. The maximum absolute atomic E-state index is 12.4. The smallest absolute Gasteiger partial charge is 0.222 e. The average molecular weight is 354 g/mol. The van der Waals surface area contributed by atoms with Gasteiger partial charge in [0.05, 0.1) is 0 Å². The van der Waals surface area contributed by atoms with Gasteiger partial charge in [0.15, 0.2) is 0 Å². The van der Waals surface area contributed by atoms with Crippen molar-refractivity contribution in [3.63, 3.8) is 0 Å². The van der Waals surface area contributed by atoms with Gasteiger partial charge in [-0.25, -0.2) is 0 Å². The summed E-state index contributed by atoms with van der Waals surface area (Å²) in [4.78, 5) is 16.9. The van der Waals surface area contributed by atoms with Gasteiger partial charge in [-0.15, -0.1) is 24.8 Å². The SMILES string of the molecule is CCN1CCC(N(C)C(=O)CCC2CCNC2)C(C)C1.Cl.Cl. The maximum Gasteiger partial charge on any atom is 0.222 e. The number of halogens is 2. The molecule has 2 heterocycles. The second kappa shape index (κ2) is 10.7. The number of carbonyl (C=O) groups excluding carboxylic acids is 1. The fourth-order valence-corrected chi connectivity index (χ4v) is 3.73. The average Bonchev–Trinajstić information content (AvgIpc) is 2.97. The first-order chi connectivity index (χ1) is 9.61. The second-order valence-electron chi connectivity index (χ2n) is 6.63. The summed E-state index contributed by atoms with van der Waals surface area (Å²) in [6.45, 7) is 10.1. The lowest BCUT2D eigenvalue weighted by molar-refractivity contribution is -0.134. The summed E-state index contributed by atoms with van der Waals surface area (Å²) >= 11 is 0. The highest BCUT2D eigenvalue weighted by Gasteiger charge is 2.30. The van der Waals surface area contributed by atoms with E-state index in [-0.39, 0.29) is 24.8 Å². The molecular weight excluding hydrogens is 321 g/mol. The zero-order chi connectivity index (χ0) is 14.5. The third-order valence-electron chi connectivity index (χ3n) is 5.21. The fraction of sp³-hybridized carbons (Fsp3) is 0.938. The molecule has 1 N–H and O–H groups in total. The third-order valence-corrected chi connectivity index (χ3v) is 5.21. The van der Waals surface area contributed by atoms with Crippen molar-refractivity contribution in [1.29, 1.82) is 0 Å². The lowest BCUT2D eigenvalue weighted by Gasteiger charge is -2.41. The van der Waals surface area contributed by atoms with Gasteiger partial charge in [-0.05, 0) is 50.7 Å². The highest BCUT2D eigenvalue weighted by Crippen LogP contribution is 2.23. The molecule has 3 atom stereocenters. The first-order valence-electron chi connectivity index (χ1n) is 8.30. The molecule has 22 heavy (non-hydrogen) atoms. The minimum absolute atomic E-state index is 0. The number of carbonyl (C=O) groups is 1. The van der Waals surface area contributed by atoms with E-state index in [2.05, 4.69) is 24.1 Å². The number of nitrogens with zero attached hydrogens (tertiary/aromatic N) is 2. The van der Waals surface area contributed by atoms with Crippen LogP contribution in [0.3, 0.4) is 0 Å². The Balaban J connectivity index is 0.00000220. The van der Waals surface area contributed by atoms with E-state index in [1.165, 1.54) is 6.42 Å². The summed E-state index contributed by atoms with van der Waals surface area (Å²) in [5.41, 5.74) is 0. The summed E-state index contributed by atoms with van der Waals surface area (Å²) in [6, 6.07) is 0.437. The molecule has 0 spiro atoms. The van der Waals surface area contributed by atoms with E-state index in [0.29, 0.717) is 23.8 Å². The molecule has 0 bridgehead atoms. The Hall–Kier alpha value is -0.0300. The molecule has 1 amide bonds. The number of amides is 1. The summed E-state index contributed by atoms with van der Waals surface area (Å²) in [7, 11) is 2.01. The molecule has 2 aliphatic heterocycles. The van der Waals surface area contributed by atoms with E-state index in [0.717, 1.165) is 52.0 Å². The van der Waals surface area contributed by atoms with E-state index in [4.69, 9.17) is 0 Å². The Morgan fingerprint density at radius 1 is 1.32 bits per heavy atom. The highest BCUT2D eigenvalue weighted by molar-refractivity contribution is 5.85. The molecule has 3 unspecified atom stereocenters. The van der Waals surface area contributed by atoms with Crippen LogP contribution >= 0.6 is 24.8 Å². The van der Waals surface area contributed by atoms with Gasteiger partial charge in [-0.2, -0.15) is 0 Å². The number of hydrogen-bond donors (Lipinski definition) is 1. The highest BCUT2D eigenvalue weighted by atomic mass is 35.5. The number of piperidine rings is 1. The molecule has 2 rings (SSSR count). The van der Waals surface area contributed by atoms with E-state index in [1.54, 1.807) is 0 Å². The van der Waals surface area contributed by atoms with Crippen molar-refractivity contribution in [3.05, 3.63) is 0 Å². The van der Waals surface area contributed by atoms with E-state index in [9.17, 15) is 4.79 Å². The topological polar surface area (TPSA) is 35.6 Å². The number of hydrogen-bond acceptors (Lipinski definition) is 3. The van der Waals surface area contributed by atoms with Gasteiger partial charge in [0.1, 0.15) is 0 Å². The van der Waals surface area contributed by atoms with Crippen molar-refractivity contribution in [2.45, 2.75) is 45.6 Å². The predicted molar refractivity (Wildman–Crippen MR) is 97.2 cm³/mol. The van der Waals surface area contributed by atoms with E-state index >= 15 is 0 Å². The van der Waals surface area contributed by atoms with Crippen molar-refractivity contribution in [3.8, 4) is 0 Å². The van der Waals surface area contributed by atoms with Crippen LogP contribution in [0, 0.1) is 11.8 Å². The fourth-order valence-electron chi connectivity index (χ4n) is 3.73. The van der Waals surface area contributed by atoms with Crippen LogP contribution in [0.25, 0.3) is 0 Å². The van der Waals surface area contributed by atoms with E-state index in [1.807, 2.05) is 11.9 Å². The van der Waals surface area contributed by atoms with Crippen LogP contribution < -0.4 is 5.32 Å². The Morgan fingerprint density at radius 3 is 2.59 bits per heavy atom. The summed E-state index contributed by atoms with van der Waals surface area (Å²) in [5.74, 6) is 1.65. The quantitative estimate of drug-likeness (QED) is 0.824. The Morgan fingerprint density at radius 2 is 2.05 bits per heavy atom. The van der Waals surface area contributed by atoms with Gasteiger partial charge in [0.25, 0.3) is 0 Å². The molecule has 2 saturated heterocycles. The molecular formula is C16H33Cl2N3O. The summed E-state index contributed by atoms with van der Waals surface area (Å²) in [5, 5.41) is 3.38. The predicted octanol–water partition coefficient (Wildman–Crippen LogP) is 2.41. The third kappa shape index (κ3) is 5.88. The van der Waals surface area contributed by atoms with Crippen molar-refractivity contribution < 1.29 is 4.79 Å². The molecule has 4 nitrogen and oxygen atoms in total. The van der Waals surface area contributed by atoms with E-state index < -0.39 is 0 Å². The Labute approximate surface area is 148 Å². The van der Waals surface area contributed by atoms with Gasteiger partial charge in [0.2, 0.25) is 5.91 Å². The summed E-state index contributed by atoms with van der Waals surface area (Å²) < 4.78 is 0. The number of rotatable bonds is 5. The van der Waals surface area contributed by atoms with Gasteiger partial charge < -0.3 is 15.1 Å². The van der Waals surface area contributed by atoms with Crippen LogP contribution in [0.15, 0.2) is 0 Å². The van der Waals surface area contributed by atoms with Gasteiger partial charge in [-0.3, -0.25) is 4.79 Å². The number of likely N-dealkylation sites (tertiary alicyclic amines) is 1. The van der Waals surface area contributed by atoms with Crippen LogP contribution in [0.5, 0.6) is 0 Å². The largest absolute Gasteiger partial charge is 0.342 e. The lowest BCUT2D eigenvalue weighted by Crippen LogP contribution is -2.50. The zero-order valence-corrected chi connectivity index (χ0v) is 15.8. The first kappa shape index (κ1) is 22.0. The van der Waals surface area contributed by atoms with Crippen molar-refractivity contribution in [1.82, 2.24) is 15.1 Å². The van der Waals surface area contributed by atoms with Gasteiger partial charge in [0, 0.05) is 32.6 Å². The van der Waals surface area contributed by atoms with Crippen molar-refractivity contribution >= 4 is 30.7 Å². The van der Waals surface area contributed by atoms with Crippen LogP contribution in [-0.2, 0) is 4.79 Å². The first-order valence-corrected chi connectivity index (χ1v) is 8.30. The van der Waals surface area contributed by atoms with Crippen LogP contribution in [-0.4, -0.2) is 61.5 Å². The standard InChI is InChI=1S/C16H31N3O.2ClH/c1-4-19-10-8-15(13(2)12-19)18(3)16(20)6-5-14-7-9-17-11-14;;/h13-15,17H,4-12H2,1-3H3;2*1H. The van der Waals surface area contributed by atoms with Gasteiger partial charge in [-0.1, -0.05) is 13.8 Å². The molecule has 0 radical (unpaired) electrons. The van der Waals surface area contributed by atoms with Crippen molar-refractivity contribution in [2.75, 3.05) is 39.8 Å². The van der Waals surface area contributed by atoms with Crippen LogP contribution in [0.2, 0.25) is 0 Å². The van der Waals surface area contributed by atoms with Crippen molar-refractivity contribution in [2.24, 2.45) is 11.8 Å². The molecule has 0 aromatic heterocycles. The van der Waals surface area contributed by atoms with Crippen LogP contribution in [0.4, 0.5) is 0 Å². The lowest BCUT2D eigenvalue weighted by atomic mass is 9.92. The monoisotopic (exact) mass is 353 g/mol.